The van der Waals surface area contributed by atoms with Crippen molar-refractivity contribution in [2.75, 3.05) is 13.1 Å². The summed E-state index contributed by atoms with van der Waals surface area (Å²) in [6.07, 6.45) is 1.10. The highest BCUT2D eigenvalue weighted by Gasteiger charge is 2.21. The van der Waals surface area contributed by atoms with Gasteiger partial charge in [-0.25, -0.2) is 4.79 Å². The molecular formula is C21H23N3O3. The van der Waals surface area contributed by atoms with Gasteiger partial charge in [-0.1, -0.05) is 43.3 Å². The van der Waals surface area contributed by atoms with Crippen LogP contribution < -0.4 is 10.6 Å². The standard InChI is InChI=1S/C21H23N3O3/c1-2-14-3-9-17(10-4-14)20(25)24-18(21(26)27)13-15-5-7-16(8-6-15)19-22-11-12-23-19/h3-10,18H,2,11-13H2,1H3,(H,22,23)(H,24,25)(H,26,27). The van der Waals surface area contributed by atoms with Crippen LogP contribution in [0.2, 0.25) is 0 Å². The van der Waals surface area contributed by atoms with Crippen LogP contribution in [0.3, 0.4) is 0 Å². The van der Waals surface area contributed by atoms with Gasteiger partial charge in [0.15, 0.2) is 0 Å². The van der Waals surface area contributed by atoms with Crippen molar-refractivity contribution in [2.45, 2.75) is 25.8 Å². The van der Waals surface area contributed by atoms with Gasteiger partial charge < -0.3 is 15.7 Å². The maximum atomic E-state index is 12.4. The minimum atomic E-state index is -1.06. The van der Waals surface area contributed by atoms with Crippen molar-refractivity contribution in [3.05, 3.63) is 70.8 Å². The monoisotopic (exact) mass is 365 g/mol. The highest BCUT2D eigenvalue weighted by atomic mass is 16.4. The fraction of sp³-hybridized carbons (Fsp3) is 0.286. The molecule has 1 amide bonds. The lowest BCUT2D eigenvalue weighted by Crippen LogP contribution is -2.42. The third kappa shape index (κ3) is 4.73. The van der Waals surface area contributed by atoms with Gasteiger partial charge in [-0.15, -0.1) is 0 Å². The molecule has 140 valence electrons. The molecule has 1 aliphatic rings. The molecule has 1 aliphatic heterocycles. The van der Waals surface area contributed by atoms with Crippen LogP contribution in [0.4, 0.5) is 0 Å². The number of aryl methyl sites for hydroxylation is 1. The molecule has 3 rings (SSSR count). The molecule has 0 saturated heterocycles. The van der Waals surface area contributed by atoms with E-state index in [0.29, 0.717) is 5.56 Å². The summed E-state index contributed by atoms with van der Waals surface area (Å²) in [5, 5.41) is 15.3. The summed E-state index contributed by atoms with van der Waals surface area (Å²) in [4.78, 5) is 28.3. The van der Waals surface area contributed by atoms with Crippen LogP contribution in [0.25, 0.3) is 0 Å². The minimum absolute atomic E-state index is 0.217. The normalized spacial score (nSPS) is 14.2. The first kappa shape index (κ1) is 18.6. The number of nitrogens with one attached hydrogen (secondary N) is 2. The number of carboxylic acids is 1. The number of hydrogen-bond acceptors (Lipinski definition) is 4. The summed E-state index contributed by atoms with van der Waals surface area (Å²) in [5.41, 5.74) is 3.40. The Kier molecular flexibility index (Phi) is 5.86. The van der Waals surface area contributed by atoms with Crippen molar-refractivity contribution in [1.29, 1.82) is 0 Å². The van der Waals surface area contributed by atoms with Crippen LogP contribution in [0.15, 0.2) is 53.5 Å². The van der Waals surface area contributed by atoms with E-state index in [0.717, 1.165) is 42.0 Å². The molecule has 6 nitrogen and oxygen atoms in total. The van der Waals surface area contributed by atoms with Gasteiger partial charge in [-0.2, -0.15) is 0 Å². The smallest absolute Gasteiger partial charge is 0.326 e. The number of amides is 1. The summed E-state index contributed by atoms with van der Waals surface area (Å²) in [7, 11) is 0. The van der Waals surface area contributed by atoms with Crippen molar-refractivity contribution in [2.24, 2.45) is 4.99 Å². The van der Waals surface area contributed by atoms with Gasteiger partial charge in [0.25, 0.3) is 5.91 Å². The van der Waals surface area contributed by atoms with Crippen LogP contribution in [0.5, 0.6) is 0 Å². The zero-order valence-electron chi connectivity index (χ0n) is 15.2. The largest absolute Gasteiger partial charge is 0.480 e. The van der Waals surface area contributed by atoms with Crippen molar-refractivity contribution in [1.82, 2.24) is 10.6 Å². The molecule has 3 N–H and O–H groups in total. The summed E-state index contributed by atoms with van der Waals surface area (Å²) < 4.78 is 0. The number of carboxylic acid groups (broad SMARTS) is 1. The molecule has 0 fully saturated rings. The lowest BCUT2D eigenvalue weighted by Gasteiger charge is -2.15. The fourth-order valence-electron chi connectivity index (χ4n) is 2.96. The number of carbonyl (C=O) groups excluding carboxylic acids is 1. The third-order valence-electron chi connectivity index (χ3n) is 4.57. The van der Waals surface area contributed by atoms with E-state index in [4.69, 9.17) is 0 Å². The number of aliphatic carboxylic acids is 1. The third-order valence-corrected chi connectivity index (χ3v) is 4.57. The average Bonchev–Trinajstić information content (AvgIpc) is 3.22. The van der Waals surface area contributed by atoms with Crippen LogP contribution in [-0.2, 0) is 17.6 Å². The van der Waals surface area contributed by atoms with Crippen LogP contribution in [0.1, 0.15) is 34.0 Å². The quantitative estimate of drug-likeness (QED) is 0.700. The zero-order chi connectivity index (χ0) is 19.2. The predicted octanol–water partition coefficient (Wildman–Crippen LogP) is 2.02. The Hall–Kier alpha value is -3.15. The summed E-state index contributed by atoms with van der Waals surface area (Å²) in [5.74, 6) is -0.578. The first-order valence-corrected chi connectivity index (χ1v) is 9.07. The van der Waals surface area contributed by atoms with Crippen LogP contribution in [0, 0.1) is 0 Å². The van der Waals surface area contributed by atoms with E-state index in [1.807, 2.05) is 43.3 Å². The molecule has 0 aliphatic carbocycles. The Morgan fingerprint density at radius 1 is 1.11 bits per heavy atom. The van der Waals surface area contributed by atoms with Crippen LogP contribution >= 0.6 is 0 Å². The van der Waals surface area contributed by atoms with Gasteiger partial charge in [0.1, 0.15) is 11.9 Å². The Labute approximate surface area is 158 Å². The first-order valence-electron chi connectivity index (χ1n) is 9.07. The minimum Gasteiger partial charge on any atom is -0.480 e. The van der Waals surface area contributed by atoms with E-state index in [1.165, 1.54) is 0 Å². The molecule has 1 atom stereocenters. The van der Waals surface area contributed by atoms with Gasteiger partial charge in [-0.05, 0) is 29.7 Å². The molecule has 2 aromatic carbocycles. The number of aliphatic imine (C=N–C) groups is 1. The van der Waals surface area contributed by atoms with Gasteiger partial charge >= 0.3 is 5.97 Å². The highest BCUT2D eigenvalue weighted by Crippen LogP contribution is 2.11. The number of nitrogens with zero attached hydrogens (tertiary/aromatic N) is 1. The molecule has 1 heterocycles. The lowest BCUT2D eigenvalue weighted by molar-refractivity contribution is -0.139. The second kappa shape index (κ2) is 8.49. The lowest BCUT2D eigenvalue weighted by atomic mass is 10.0. The topological polar surface area (TPSA) is 90.8 Å². The predicted molar refractivity (Wildman–Crippen MR) is 104 cm³/mol. The second-order valence-electron chi connectivity index (χ2n) is 6.47. The van der Waals surface area contributed by atoms with Crippen molar-refractivity contribution < 1.29 is 14.7 Å². The van der Waals surface area contributed by atoms with E-state index in [9.17, 15) is 14.7 Å². The Morgan fingerprint density at radius 2 is 1.78 bits per heavy atom. The Morgan fingerprint density at radius 3 is 2.33 bits per heavy atom. The summed E-state index contributed by atoms with van der Waals surface area (Å²) in [6, 6.07) is 13.8. The molecule has 0 radical (unpaired) electrons. The molecule has 0 aromatic heterocycles. The highest BCUT2D eigenvalue weighted by molar-refractivity contribution is 5.99. The molecule has 2 aromatic rings. The number of hydrogen-bond donors (Lipinski definition) is 3. The molecule has 0 bridgehead atoms. The van der Waals surface area contributed by atoms with E-state index in [1.54, 1.807) is 12.1 Å². The molecule has 6 heteroatoms. The molecular weight excluding hydrogens is 342 g/mol. The summed E-state index contributed by atoms with van der Waals surface area (Å²) >= 11 is 0. The SMILES string of the molecule is CCc1ccc(C(=O)NC(Cc2ccc(C3=NCCN3)cc2)C(=O)O)cc1. The molecule has 27 heavy (non-hydrogen) atoms. The number of rotatable bonds is 7. The second-order valence-corrected chi connectivity index (χ2v) is 6.47. The van der Waals surface area contributed by atoms with E-state index in [2.05, 4.69) is 15.6 Å². The first-order chi connectivity index (χ1) is 13.1. The fourth-order valence-corrected chi connectivity index (χ4v) is 2.96. The summed E-state index contributed by atoms with van der Waals surface area (Å²) in [6.45, 7) is 3.64. The van der Waals surface area contributed by atoms with E-state index >= 15 is 0 Å². The molecule has 0 saturated carbocycles. The van der Waals surface area contributed by atoms with E-state index in [-0.39, 0.29) is 12.3 Å². The number of amidine groups is 1. The Bertz CT molecular complexity index is 842. The maximum Gasteiger partial charge on any atom is 0.326 e. The van der Waals surface area contributed by atoms with Crippen molar-refractivity contribution in [3.8, 4) is 0 Å². The van der Waals surface area contributed by atoms with E-state index < -0.39 is 12.0 Å². The van der Waals surface area contributed by atoms with Gasteiger partial charge in [0.05, 0.1) is 6.54 Å². The molecule has 0 spiro atoms. The van der Waals surface area contributed by atoms with Crippen LogP contribution in [-0.4, -0.2) is 41.9 Å². The van der Waals surface area contributed by atoms with Gasteiger partial charge in [0, 0.05) is 24.1 Å². The van der Waals surface area contributed by atoms with Gasteiger partial charge in [-0.3, -0.25) is 9.79 Å². The zero-order valence-corrected chi connectivity index (χ0v) is 15.2. The number of carbonyl (C=O) groups is 2. The van der Waals surface area contributed by atoms with Crippen molar-refractivity contribution in [3.63, 3.8) is 0 Å². The van der Waals surface area contributed by atoms with Crippen molar-refractivity contribution >= 4 is 17.7 Å². The molecule has 1 unspecified atom stereocenters. The van der Waals surface area contributed by atoms with Gasteiger partial charge in [0.2, 0.25) is 0 Å². The Balaban J connectivity index is 1.66. The maximum absolute atomic E-state index is 12.4. The average molecular weight is 365 g/mol. The number of benzene rings is 2.